The summed E-state index contributed by atoms with van der Waals surface area (Å²) in [6, 6.07) is 15.6. The Labute approximate surface area is 164 Å². The fraction of sp³-hybridized carbons (Fsp3) is 0.190. The SMILES string of the molecule is C=N/C(=C\N(N)c1ccc(CCC(=O)N(C)C)cc1)c1n[nH]c2ccccc12. The number of para-hydroxylation sites is 1. The molecule has 0 atom stereocenters. The van der Waals surface area contributed by atoms with Gasteiger partial charge in [-0.3, -0.25) is 19.9 Å². The van der Waals surface area contributed by atoms with E-state index < -0.39 is 0 Å². The van der Waals surface area contributed by atoms with E-state index in [0.29, 0.717) is 24.2 Å². The smallest absolute Gasteiger partial charge is 0.222 e. The van der Waals surface area contributed by atoms with Crippen LogP contribution in [0.5, 0.6) is 0 Å². The minimum absolute atomic E-state index is 0.111. The molecule has 0 bridgehead atoms. The summed E-state index contributed by atoms with van der Waals surface area (Å²) in [6.07, 6.45) is 2.87. The van der Waals surface area contributed by atoms with Crippen molar-refractivity contribution in [3.63, 3.8) is 0 Å². The molecule has 7 nitrogen and oxygen atoms in total. The van der Waals surface area contributed by atoms with Crippen LogP contribution in [0.4, 0.5) is 5.69 Å². The van der Waals surface area contributed by atoms with Crippen molar-refractivity contribution in [1.82, 2.24) is 15.1 Å². The van der Waals surface area contributed by atoms with Crippen molar-refractivity contribution in [3.05, 3.63) is 66.0 Å². The van der Waals surface area contributed by atoms with Crippen LogP contribution >= 0.6 is 0 Å². The number of hydrazine groups is 1. The number of nitrogens with one attached hydrogen (secondary N) is 1. The maximum absolute atomic E-state index is 11.7. The molecule has 0 aliphatic carbocycles. The average Bonchev–Trinajstić information content (AvgIpc) is 3.14. The summed E-state index contributed by atoms with van der Waals surface area (Å²) in [5, 5.41) is 9.77. The number of hydrogen-bond acceptors (Lipinski definition) is 5. The lowest BCUT2D eigenvalue weighted by atomic mass is 10.1. The van der Waals surface area contributed by atoms with Crippen LogP contribution in [-0.2, 0) is 11.2 Å². The van der Waals surface area contributed by atoms with Gasteiger partial charge in [0.05, 0.1) is 11.2 Å². The number of aromatic nitrogens is 2. The molecule has 3 rings (SSSR count). The summed E-state index contributed by atoms with van der Waals surface area (Å²) >= 11 is 0. The molecule has 1 aromatic heterocycles. The Morgan fingerprint density at radius 2 is 1.93 bits per heavy atom. The Bertz CT molecular complexity index is 1000. The lowest BCUT2D eigenvalue weighted by Crippen LogP contribution is -2.24. The third kappa shape index (κ3) is 4.27. The molecular weight excluding hydrogens is 352 g/mol. The molecule has 7 heteroatoms. The fourth-order valence-electron chi connectivity index (χ4n) is 2.85. The first-order valence-corrected chi connectivity index (χ1v) is 8.94. The lowest BCUT2D eigenvalue weighted by Gasteiger charge is -2.15. The van der Waals surface area contributed by atoms with Gasteiger partial charge in [-0.15, -0.1) is 0 Å². The van der Waals surface area contributed by atoms with E-state index in [0.717, 1.165) is 22.2 Å². The van der Waals surface area contributed by atoms with Gasteiger partial charge in [-0.2, -0.15) is 5.10 Å². The minimum atomic E-state index is 0.111. The zero-order valence-electron chi connectivity index (χ0n) is 16.1. The van der Waals surface area contributed by atoms with Crippen LogP contribution in [0, 0.1) is 0 Å². The van der Waals surface area contributed by atoms with E-state index in [9.17, 15) is 4.79 Å². The summed E-state index contributed by atoms with van der Waals surface area (Å²) in [5.74, 6) is 6.32. The highest BCUT2D eigenvalue weighted by atomic mass is 16.2. The molecule has 1 heterocycles. The van der Waals surface area contributed by atoms with E-state index in [2.05, 4.69) is 21.9 Å². The van der Waals surface area contributed by atoms with E-state index in [1.54, 1.807) is 25.2 Å². The van der Waals surface area contributed by atoms with Gasteiger partial charge in [0.25, 0.3) is 0 Å². The van der Waals surface area contributed by atoms with Gasteiger partial charge < -0.3 is 4.90 Å². The third-order valence-corrected chi connectivity index (χ3v) is 4.51. The number of benzene rings is 2. The van der Waals surface area contributed by atoms with Crippen LogP contribution in [-0.4, -0.2) is 41.8 Å². The van der Waals surface area contributed by atoms with Gasteiger partial charge in [-0.25, -0.2) is 5.84 Å². The van der Waals surface area contributed by atoms with Crippen LogP contribution < -0.4 is 10.9 Å². The molecule has 3 N–H and O–H groups in total. The number of aryl methyl sites for hydroxylation is 1. The van der Waals surface area contributed by atoms with Crippen molar-refractivity contribution in [2.75, 3.05) is 19.1 Å². The molecule has 0 radical (unpaired) electrons. The molecule has 1 amide bonds. The number of nitrogens with two attached hydrogens (primary N) is 1. The van der Waals surface area contributed by atoms with Gasteiger partial charge in [0.2, 0.25) is 5.91 Å². The highest BCUT2D eigenvalue weighted by Crippen LogP contribution is 2.24. The molecule has 0 saturated carbocycles. The largest absolute Gasteiger partial charge is 0.349 e. The molecule has 0 saturated heterocycles. The monoisotopic (exact) mass is 376 g/mol. The van der Waals surface area contributed by atoms with Gasteiger partial charge in [0, 0.05) is 32.1 Å². The van der Waals surface area contributed by atoms with Crippen molar-refractivity contribution in [2.24, 2.45) is 10.8 Å². The molecule has 0 fully saturated rings. The number of carbonyl (C=O) groups is 1. The minimum Gasteiger partial charge on any atom is -0.349 e. The van der Waals surface area contributed by atoms with Gasteiger partial charge in [-0.1, -0.05) is 30.3 Å². The number of rotatable bonds is 7. The van der Waals surface area contributed by atoms with E-state index in [4.69, 9.17) is 5.84 Å². The number of fused-ring (bicyclic) bond motifs is 1. The first-order valence-electron chi connectivity index (χ1n) is 8.94. The number of carbonyl (C=O) groups excluding carboxylic acids is 1. The summed E-state index contributed by atoms with van der Waals surface area (Å²) < 4.78 is 0. The van der Waals surface area contributed by atoms with E-state index in [1.807, 2.05) is 48.5 Å². The quantitative estimate of drug-likeness (QED) is 0.377. The Hall–Kier alpha value is -3.45. The highest BCUT2D eigenvalue weighted by molar-refractivity contribution is 5.91. The second kappa shape index (κ2) is 8.49. The fourth-order valence-corrected chi connectivity index (χ4v) is 2.85. The number of hydrogen-bond donors (Lipinski definition) is 2. The van der Waals surface area contributed by atoms with Gasteiger partial charge >= 0.3 is 0 Å². The molecule has 28 heavy (non-hydrogen) atoms. The summed E-state index contributed by atoms with van der Waals surface area (Å²) in [7, 11) is 3.52. The Morgan fingerprint density at radius 1 is 1.21 bits per heavy atom. The zero-order chi connectivity index (χ0) is 20.1. The number of aromatic amines is 1. The zero-order valence-corrected chi connectivity index (χ0v) is 16.1. The molecule has 144 valence electrons. The van der Waals surface area contributed by atoms with Crippen molar-refractivity contribution < 1.29 is 4.79 Å². The predicted molar refractivity (Wildman–Crippen MR) is 114 cm³/mol. The van der Waals surface area contributed by atoms with E-state index in [1.165, 1.54) is 5.01 Å². The van der Waals surface area contributed by atoms with E-state index >= 15 is 0 Å². The van der Waals surface area contributed by atoms with Gasteiger partial charge in [-0.05, 0) is 36.9 Å². The average molecular weight is 376 g/mol. The van der Waals surface area contributed by atoms with Crippen molar-refractivity contribution in [3.8, 4) is 0 Å². The van der Waals surface area contributed by atoms with Gasteiger partial charge in [0.15, 0.2) is 0 Å². The number of H-pyrrole nitrogens is 1. The third-order valence-electron chi connectivity index (χ3n) is 4.51. The standard InChI is InChI=1S/C21H24N6O/c1-23-19(21-17-6-4-5-7-18(17)24-25-21)14-27(22)16-11-8-15(9-12-16)10-13-20(28)26(2)3/h4-9,11-12,14H,1,10,13,22H2,2-3H3,(H,24,25)/b19-14-. The van der Waals surface area contributed by atoms with Crippen LogP contribution in [0.3, 0.4) is 0 Å². The lowest BCUT2D eigenvalue weighted by molar-refractivity contribution is -0.128. The van der Waals surface area contributed by atoms with Crippen molar-refractivity contribution in [1.29, 1.82) is 0 Å². The van der Waals surface area contributed by atoms with Crippen LogP contribution in [0.25, 0.3) is 16.6 Å². The molecule has 3 aromatic rings. The number of nitrogens with zero attached hydrogens (tertiary/aromatic N) is 4. The summed E-state index contributed by atoms with van der Waals surface area (Å²) in [5.41, 5.74) is 4.06. The second-order valence-corrected chi connectivity index (χ2v) is 6.65. The molecule has 0 aliphatic rings. The second-order valence-electron chi connectivity index (χ2n) is 6.65. The maximum atomic E-state index is 11.7. The van der Waals surface area contributed by atoms with Crippen LogP contribution in [0.15, 0.2) is 59.7 Å². The van der Waals surface area contributed by atoms with Crippen molar-refractivity contribution in [2.45, 2.75) is 12.8 Å². The number of aliphatic imine (C=N–C) groups is 1. The Kier molecular flexibility index (Phi) is 5.86. The highest BCUT2D eigenvalue weighted by Gasteiger charge is 2.11. The molecule has 0 spiro atoms. The predicted octanol–water partition coefficient (Wildman–Crippen LogP) is 2.96. The molecule has 0 aliphatic heterocycles. The number of amides is 1. The first-order chi connectivity index (χ1) is 13.5. The topological polar surface area (TPSA) is 90.6 Å². The van der Waals surface area contributed by atoms with Crippen LogP contribution in [0.1, 0.15) is 17.7 Å². The number of anilines is 1. The summed E-state index contributed by atoms with van der Waals surface area (Å²) in [6.45, 7) is 3.65. The first kappa shape index (κ1) is 19.3. The Morgan fingerprint density at radius 3 is 2.61 bits per heavy atom. The molecule has 2 aromatic carbocycles. The van der Waals surface area contributed by atoms with Gasteiger partial charge in [0.1, 0.15) is 11.4 Å². The summed E-state index contributed by atoms with van der Waals surface area (Å²) in [4.78, 5) is 17.4. The maximum Gasteiger partial charge on any atom is 0.222 e. The van der Waals surface area contributed by atoms with E-state index in [-0.39, 0.29) is 5.91 Å². The molecular formula is C21H24N6O. The normalized spacial score (nSPS) is 11.5. The molecule has 0 unspecified atom stereocenters. The Balaban J connectivity index is 1.76. The van der Waals surface area contributed by atoms with Crippen molar-refractivity contribution >= 4 is 34.9 Å². The van der Waals surface area contributed by atoms with Crippen LogP contribution in [0.2, 0.25) is 0 Å².